The highest BCUT2D eigenvalue weighted by atomic mass is 32.1. The monoisotopic (exact) mass is 570 g/mol. The first kappa shape index (κ1) is 28.4. The van der Waals surface area contributed by atoms with Gasteiger partial charge < -0.3 is 14.2 Å². The summed E-state index contributed by atoms with van der Waals surface area (Å²) in [4.78, 5) is 32.6. The Morgan fingerprint density at radius 3 is 2.46 bits per heavy atom. The van der Waals surface area contributed by atoms with Gasteiger partial charge >= 0.3 is 5.97 Å². The van der Waals surface area contributed by atoms with Gasteiger partial charge in [-0.2, -0.15) is 0 Å². The lowest BCUT2D eigenvalue weighted by atomic mass is 9.95. The zero-order chi connectivity index (χ0) is 28.9. The molecule has 8 heteroatoms. The zero-order valence-corrected chi connectivity index (χ0v) is 24.6. The molecule has 5 rings (SSSR count). The number of carbonyl (C=O) groups excluding carboxylic acids is 1. The number of ether oxygens (including phenoxy) is 3. The van der Waals surface area contributed by atoms with Gasteiger partial charge in [-0.25, -0.2) is 9.79 Å². The van der Waals surface area contributed by atoms with Crippen LogP contribution in [0.15, 0.2) is 81.7 Å². The van der Waals surface area contributed by atoms with Crippen molar-refractivity contribution in [2.45, 2.75) is 46.6 Å². The molecule has 2 heterocycles. The van der Waals surface area contributed by atoms with Gasteiger partial charge in [-0.3, -0.25) is 9.36 Å². The number of benzene rings is 3. The Kier molecular flexibility index (Phi) is 8.69. The minimum Gasteiger partial charge on any atom is -0.494 e. The van der Waals surface area contributed by atoms with Crippen LogP contribution < -0.4 is 24.4 Å². The van der Waals surface area contributed by atoms with E-state index in [1.54, 1.807) is 18.4 Å². The number of aromatic nitrogens is 1. The Morgan fingerprint density at radius 2 is 1.71 bits per heavy atom. The van der Waals surface area contributed by atoms with Crippen molar-refractivity contribution in [1.82, 2.24) is 4.57 Å². The highest BCUT2D eigenvalue weighted by Gasteiger charge is 2.35. The fourth-order valence-electron chi connectivity index (χ4n) is 5.09. The molecule has 1 aliphatic heterocycles. The van der Waals surface area contributed by atoms with Crippen molar-refractivity contribution in [3.05, 3.63) is 103 Å². The number of carbonyl (C=O) groups is 1. The van der Waals surface area contributed by atoms with Crippen molar-refractivity contribution in [3.63, 3.8) is 0 Å². The maximum atomic E-state index is 14.1. The number of fused-ring (bicyclic) bond motifs is 2. The molecule has 3 aromatic carbocycles. The van der Waals surface area contributed by atoms with Gasteiger partial charge in [-0.1, -0.05) is 73.2 Å². The largest absolute Gasteiger partial charge is 0.494 e. The van der Waals surface area contributed by atoms with E-state index < -0.39 is 12.0 Å². The molecule has 1 aliphatic rings. The van der Waals surface area contributed by atoms with Crippen LogP contribution in [0, 0.1) is 0 Å². The van der Waals surface area contributed by atoms with Crippen molar-refractivity contribution in [3.8, 4) is 11.5 Å². The van der Waals surface area contributed by atoms with E-state index in [2.05, 4.69) is 6.92 Å². The van der Waals surface area contributed by atoms with Crippen LogP contribution in [-0.4, -0.2) is 30.4 Å². The van der Waals surface area contributed by atoms with Gasteiger partial charge in [0.2, 0.25) is 0 Å². The average Bonchev–Trinajstić information content (AvgIpc) is 3.28. The van der Waals surface area contributed by atoms with Crippen molar-refractivity contribution in [2.24, 2.45) is 4.99 Å². The van der Waals surface area contributed by atoms with E-state index in [0.717, 1.165) is 34.9 Å². The maximum Gasteiger partial charge on any atom is 0.338 e. The summed E-state index contributed by atoms with van der Waals surface area (Å²) >= 11 is 1.30. The number of unbranched alkanes of at least 4 members (excludes halogenated alkanes) is 1. The average molecular weight is 571 g/mol. The van der Waals surface area contributed by atoms with E-state index in [0.29, 0.717) is 45.1 Å². The number of hydrogen-bond donors (Lipinski definition) is 0. The van der Waals surface area contributed by atoms with Crippen molar-refractivity contribution in [2.75, 3.05) is 19.8 Å². The quantitative estimate of drug-likeness (QED) is 0.185. The molecular weight excluding hydrogens is 536 g/mol. The van der Waals surface area contributed by atoms with E-state index in [9.17, 15) is 9.59 Å². The van der Waals surface area contributed by atoms with Gasteiger partial charge in [0.05, 0.1) is 35.6 Å². The van der Waals surface area contributed by atoms with Crippen LogP contribution in [0.3, 0.4) is 0 Å². The Hall–Kier alpha value is -4.17. The van der Waals surface area contributed by atoms with E-state index >= 15 is 0 Å². The first-order valence-electron chi connectivity index (χ1n) is 14.0. The van der Waals surface area contributed by atoms with Gasteiger partial charge in [0.15, 0.2) is 4.80 Å². The molecule has 0 unspecified atom stereocenters. The first-order chi connectivity index (χ1) is 20.0. The number of esters is 1. The Balaban J connectivity index is 1.70. The normalized spacial score (nSPS) is 15.0. The molecule has 0 saturated carbocycles. The number of allylic oxidation sites excluding steroid dienone is 1. The molecule has 212 valence electrons. The van der Waals surface area contributed by atoms with Gasteiger partial charge in [0.1, 0.15) is 17.5 Å². The van der Waals surface area contributed by atoms with Crippen LogP contribution in [0.25, 0.3) is 16.8 Å². The van der Waals surface area contributed by atoms with E-state index in [1.165, 1.54) is 11.3 Å². The molecular formula is C33H34N2O5S. The standard InChI is InChI=1S/C33H34N2O5S/c1-5-8-19-40-27-18-17-22(23-13-9-10-14-24(23)27)20-28-31(36)35-30(25-15-11-12-16-26(25)38-6-2)29(32(37)39-7-3)21(4)34-33(35)41-28/h9-18,20,30H,5-8,19H2,1-4H3/b28-20-/t30-/m0/s1. The molecule has 41 heavy (non-hydrogen) atoms. The Morgan fingerprint density at radius 1 is 0.951 bits per heavy atom. The predicted molar refractivity (Wildman–Crippen MR) is 162 cm³/mol. The topological polar surface area (TPSA) is 79.1 Å². The molecule has 1 aromatic heterocycles. The summed E-state index contributed by atoms with van der Waals surface area (Å²) in [6.45, 7) is 8.90. The third kappa shape index (κ3) is 5.57. The Labute approximate surface area is 243 Å². The Bertz CT molecular complexity index is 1800. The molecule has 4 aromatic rings. The number of nitrogens with zero attached hydrogens (tertiary/aromatic N) is 2. The molecule has 0 spiro atoms. The predicted octanol–water partition coefficient (Wildman–Crippen LogP) is 5.53. The molecule has 0 saturated heterocycles. The van der Waals surface area contributed by atoms with Gasteiger partial charge in [0, 0.05) is 10.9 Å². The molecule has 0 amide bonds. The summed E-state index contributed by atoms with van der Waals surface area (Å²) in [5, 5.41) is 1.99. The summed E-state index contributed by atoms with van der Waals surface area (Å²) < 4.78 is 19.5. The maximum absolute atomic E-state index is 14.1. The zero-order valence-electron chi connectivity index (χ0n) is 23.8. The van der Waals surface area contributed by atoms with Crippen LogP contribution in [0.5, 0.6) is 11.5 Å². The highest BCUT2D eigenvalue weighted by Crippen LogP contribution is 2.36. The summed E-state index contributed by atoms with van der Waals surface area (Å²) in [5.74, 6) is 0.939. The molecule has 7 nitrogen and oxygen atoms in total. The van der Waals surface area contributed by atoms with Crippen molar-refractivity contribution >= 4 is 34.2 Å². The summed E-state index contributed by atoms with van der Waals surface area (Å²) in [6.07, 6.45) is 3.94. The molecule has 1 atom stereocenters. The van der Waals surface area contributed by atoms with Crippen LogP contribution >= 0.6 is 11.3 Å². The van der Waals surface area contributed by atoms with E-state index in [-0.39, 0.29) is 12.2 Å². The van der Waals surface area contributed by atoms with Crippen molar-refractivity contribution < 1.29 is 19.0 Å². The lowest BCUT2D eigenvalue weighted by Gasteiger charge is -2.26. The number of para-hydroxylation sites is 1. The van der Waals surface area contributed by atoms with Crippen LogP contribution in [0.4, 0.5) is 0 Å². The lowest BCUT2D eigenvalue weighted by Crippen LogP contribution is -2.40. The molecule has 0 fully saturated rings. The van der Waals surface area contributed by atoms with Gasteiger partial charge in [-0.05, 0) is 56.4 Å². The minimum absolute atomic E-state index is 0.213. The third-order valence-corrected chi connectivity index (χ3v) is 7.97. The smallest absolute Gasteiger partial charge is 0.338 e. The number of hydrogen-bond acceptors (Lipinski definition) is 7. The third-order valence-electron chi connectivity index (χ3n) is 6.99. The fourth-order valence-corrected chi connectivity index (χ4v) is 6.13. The fraction of sp³-hybridized carbons (Fsp3) is 0.303. The molecule has 0 radical (unpaired) electrons. The van der Waals surface area contributed by atoms with E-state index in [4.69, 9.17) is 19.2 Å². The molecule has 0 N–H and O–H groups in total. The summed E-state index contributed by atoms with van der Waals surface area (Å²) in [6, 6.07) is 18.7. The minimum atomic E-state index is -0.735. The van der Waals surface area contributed by atoms with Crippen molar-refractivity contribution in [1.29, 1.82) is 0 Å². The number of rotatable bonds is 10. The highest BCUT2D eigenvalue weighted by molar-refractivity contribution is 7.07. The van der Waals surface area contributed by atoms with Crippen LogP contribution in [0.1, 0.15) is 57.7 Å². The second-order valence-electron chi connectivity index (χ2n) is 9.67. The van der Waals surface area contributed by atoms with Gasteiger partial charge in [-0.15, -0.1) is 0 Å². The number of thiazole rings is 1. The molecule has 0 bridgehead atoms. The first-order valence-corrected chi connectivity index (χ1v) is 14.9. The molecule has 0 aliphatic carbocycles. The SMILES string of the molecule is CCCCOc1ccc(/C=c2\sc3n(c2=O)[C@@H](c2ccccc2OCC)C(C(=O)OCC)=C(C)N=3)c2ccccc12. The van der Waals surface area contributed by atoms with Gasteiger partial charge in [0.25, 0.3) is 5.56 Å². The summed E-state index contributed by atoms with van der Waals surface area (Å²) in [7, 11) is 0. The van der Waals surface area contributed by atoms with Crippen LogP contribution in [0.2, 0.25) is 0 Å². The summed E-state index contributed by atoms with van der Waals surface area (Å²) in [5.41, 5.74) is 2.23. The lowest BCUT2D eigenvalue weighted by molar-refractivity contribution is -0.139. The van der Waals surface area contributed by atoms with Crippen LogP contribution in [-0.2, 0) is 9.53 Å². The second kappa shape index (κ2) is 12.6. The van der Waals surface area contributed by atoms with E-state index in [1.807, 2.05) is 73.7 Å². The second-order valence-corrected chi connectivity index (χ2v) is 10.7.